The third-order valence-corrected chi connectivity index (χ3v) is 4.31. The van der Waals surface area contributed by atoms with Crippen LogP contribution < -0.4 is 4.74 Å². The molecule has 0 saturated carbocycles. The second-order valence-corrected chi connectivity index (χ2v) is 7.55. The number of carbonyl (C=O) groups excluding carboxylic acids is 2. The van der Waals surface area contributed by atoms with Crippen LogP contribution in [-0.2, 0) is 19.6 Å². The number of alkyl halides is 3. The van der Waals surface area contributed by atoms with Gasteiger partial charge in [0, 0.05) is 11.0 Å². The lowest BCUT2D eigenvalue weighted by molar-refractivity contribution is -0.197. The molecule has 0 radical (unpaired) electrons. The largest absolute Gasteiger partial charge is 0.448 e. The van der Waals surface area contributed by atoms with Gasteiger partial charge < -0.3 is 9.47 Å². The smallest absolute Gasteiger partial charge is 0.426 e. The third kappa shape index (κ3) is 6.03. The molecule has 0 bridgehead atoms. The van der Waals surface area contributed by atoms with Gasteiger partial charge in [0.15, 0.2) is 0 Å². The van der Waals surface area contributed by atoms with E-state index in [1.807, 2.05) is 0 Å². The minimum atomic E-state index is -5.24. The number of rotatable bonds is 6. The molecule has 0 aliphatic heterocycles. The summed E-state index contributed by atoms with van der Waals surface area (Å²) in [7, 11) is -5.08. The van der Waals surface area contributed by atoms with Crippen LogP contribution in [0.4, 0.5) is 13.2 Å². The number of hydrogen-bond acceptors (Lipinski definition) is 6. The molecule has 0 aliphatic carbocycles. The van der Waals surface area contributed by atoms with E-state index >= 15 is 0 Å². The molecule has 0 fully saturated rings. The maximum Gasteiger partial charge on any atom is 0.426 e. The second kappa shape index (κ2) is 8.21. The van der Waals surface area contributed by atoms with Crippen molar-refractivity contribution < 1.29 is 45.2 Å². The molecule has 2 aromatic rings. The minimum absolute atomic E-state index is 0.0485. The van der Waals surface area contributed by atoms with Gasteiger partial charge in [-0.15, -0.1) is 0 Å². The molecule has 0 aliphatic rings. The Hall–Kier alpha value is -2.92. The van der Waals surface area contributed by atoms with Crippen molar-refractivity contribution >= 4 is 32.8 Å². The molecule has 11 heteroatoms. The molecule has 0 aromatic heterocycles. The van der Waals surface area contributed by atoms with E-state index in [1.54, 1.807) is 18.2 Å². The Labute approximate surface area is 163 Å². The fraction of sp³-hybridized carbons (Fsp3) is 0.222. The Kier molecular flexibility index (Phi) is 6.34. The van der Waals surface area contributed by atoms with Crippen molar-refractivity contribution in [1.82, 2.24) is 0 Å². The van der Waals surface area contributed by atoms with Crippen molar-refractivity contribution in [3.8, 4) is 5.75 Å². The molecule has 156 valence electrons. The van der Waals surface area contributed by atoms with Crippen molar-refractivity contribution in [3.05, 3.63) is 54.1 Å². The highest BCUT2D eigenvalue weighted by Crippen LogP contribution is 2.30. The van der Waals surface area contributed by atoms with Gasteiger partial charge in [-0.2, -0.15) is 21.6 Å². The summed E-state index contributed by atoms with van der Waals surface area (Å²) in [5, 5.41) is 0.744. The van der Waals surface area contributed by atoms with E-state index in [0.29, 0.717) is 10.8 Å². The normalized spacial score (nSPS) is 13.0. The Bertz CT molecular complexity index is 1070. The van der Waals surface area contributed by atoms with Crippen molar-refractivity contribution in [2.45, 2.75) is 19.2 Å². The zero-order valence-corrected chi connectivity index (χ0v) is 15.7. The van der Waals surface area contributed by atoms with Crippen LogP contribution in [0.2, 0.25) is 0 Å². The van der Waals surface area contributed by atoms with E-state index in [1.165, 1.54) is 19.1 Å². The Morgan fingerprint density at radius 1 is 1.21 bits per heavy atom. The standard InChI is InChI=1S/C18H15F3O7S/c1-10(2)16(22)27-14-8-12(7-11-5-3-4-6-13(11)14)17(23)28-15(18(19,20)21)9-29(24,25)26/h3-8,15H,1,9H2,2H3,(H,24,25,26). The summed E-state index contributed by atoms with van der Waals surface area (Å²) in [5.41, 5.74) is -0.370. The molecule has 1 atom stereocenters. The lowest BCUT2D eigenvalue weighted by atomic mass is 10.1. The molecular weight excluding hydrogens is 417 g/mol. The lowest BCUT2D eigenvalue weighted by Gasteiger charge is -2.19. The van der Waals surface area contributed by atoms with E-state index in [9.17, 15) is 31.2 Å². The molecule has 0 amide bonds. The Balaban J connectivity index is 2.44. The quantitative estimate of drug-likeness (QED) is 0.323. The van der Waals surface area contributed by atoms with Gasteiger partial charge in [0.05, 0.1) is 5.56 Å². The fourth-order valence-electron chi connectivity index (χ4n) is 2.25. The van der Waals surface area contributed by atoms with Crippen LogP contribution in [0.5, 0.6) is 5.75 Å². The van der Waals surface area contributed by atoms with E-state index in [-0.39, 0.29) is 11.3 Å². The molecule has 1 unspecified atom stereocenters. The lowest BCUT2D eigenvalue weighted by Crippen LogP contribution is -2.39. The number of carbonyl (C=O) groups is 2. The number of esters is 2. The average molecular weight is 432 g/mol. The predicted molar refractivity (Wildman–Crippen MR) is 96.1 cm³/mol. The van der Waals surface area contributed by atoms with Crippen LogP contribution in [0.15, 0.2) is 48.6 Å². The first-order valence-electron chi connectivity index (χ1n) is 7.91. The number of benzene rings is 2. The van der Waals surface area contributed by atoms with Crippen LogP contribution in [0.3, 0.4) is 0 Å². The topological polar surface area (TPSA) is 107 Å². The molecular formula is C18H15F3O7S. The minimum Gasteiger partial charge on any atom is -0.448 e. The number of hydrogen-bond donors (Lipinski definition) is 1. The van der Waals surface area contributed by atoms with Gasteiger partial charge in [-0.1, -0.05) is 30.8 Å². The van der Waals surface area contributed by atoms with Crippen LogP contribution in [0.1, 0.15) is 17.3 Å². The zero-order valence-electron chi connectivity index (χ0n) is 14.9. The maximum absolute atomic E-state index is 13.0. The molecule has 0 heterocycles. The van der Waals surface area contributed by atoms with Crippen LogP contribution in [0, 0.1) is 0 Å². The van der Waals surface area contributed by atoms with Crippen LogP contribution in [-0.4, -0.2) is 42.9 Å². The number of halogens is 3. The van der Waals surface area contributed by atoms with E-state index < -0.39 is 45.7 Å². The molecule has 0 spiro atoms. The van der Waals surface area contributed by atoms with Crippen molar-refractivity contribution in [3.63, 3.8) is 0 Å². The van der Waals surface area contributed by atoms with E-state index in [2.05, 4.69) is 11.3 Å². The molecule has 1 N–H and O–H groups in total. The summed E-state index contributed by atoms with van der Waals surface area (Å²) in [6.45, 7) is 4.80. The predicted octanol–water partition coefficient (Wildman–Crippen LogP) is 3.30. The SMILES string of the molecule is C=C(C)C(=O)Oc1cc(C(=O)OC(CS(=O)(=O)O)C(F)(F)F)cc2ccccc12. The average Bonchev–Trinajstić information content (AvgIpc) is 2.58. The van der Waals surface area contributed by atoms with E-state index in [0.717, 1.165) is 6.07 Å². The second-order valence-electron chi connectivity index (χ2n) is 6.05. The van der Waals surface area contributed by atoms with Gasteiger partial charge >= 0.3 is 18.1 Å². The summed E-state index contributed by atoms with van der Waals surface area (Å²) in [6.07, 6.45) is -8.32. The molecule has 0 saturated heterocycles. The summed E-state index contributed by atoms with van der Waals surface area (Å²) < 4.78 is 78.7. The fourth-order valence-corrected chi connectivity index (χ4v) is 2.89. The van der Waals surface area contributed by atoms with Gasteiger partial charge in [0.2, 0.25) is 6.10 Å². The summed E-state index contributed by atoms with van der Waals surface area (Å²) in [4.78, 5) is 24.1. The van der Waals surface area contributed by atoms with Gasteiger partial charge in [-0.25, -0.2) is 9.59 Å². The molecule has 2 aromatic carbocycles. The van der Waals surface area contributed by atoms with Crippen molar-refractivity contribution in [2.75, 3.05) is 5.75 Å². The Morgan fingerprint density at radius 2 is 1.83 bits per heavy atom. The highest BCUT2D eigenvalue weighted by Gasteiger charge is 2.45. The number of ether oxygens (including phenoxy) is 2. The van der Waals surface area contributed by atoms with Gasteiger partial charge in [-0.05, 0) is 24.4 Å². The van der Waals surface area contributed by atoms with Gasteiger partial charge in [-0.3, -0.25) is 4.55 Å². The van der Waals surface area contributed by atoms with Gasteiger partial charge in [0.25, 0.3) is 10.1 Å². The first-order chi connectivity index (χ1) is 13.3. The maximum atomic E-state index is 13.0. The highest BCUT2D eigenvalue weighted by atomic mass is 32.2. The Morgan fingerprint density at radius 3 is 2.38 bits per heavy atom. The summed E-state index contributed by atoms with van der Waals surface area (Å²) >= 11 is 0. The van der Waals surface area contributed by atoms with Crippen LogP contribution >= 0.6 is 0 Å². The monoisotopic (exact) mass is 432 g/mol. The van der Waals surface area contributed by atoms with Crippen molar-refractivity contribution in [1.29, 1.82) is 0 Å². The first-order valence-corrected chi connectivity index (χ1v) is 9.52. The molecule has 29 heavy (non-hydrogen) atoms. The highest BCUT2D eigenvalue weighted by molar-refractivity contribution is 7.85. The molecule has 7 nitrogen and oxygen atoms in total. The summed E-state index contributed by atoms with van der Waals surface area (Å²) in [5.74, 6) is -4.32. The third-order valence-electron chi connectivity index (χ3n) is 3.59. The number of fused-ring (bicyclic) bond motifs is 1. The molecule has 2 rings (SSSR count). The zero-order chi connectivity index (χ0) is 22.0. The van der Waals surface area contributed by atoms with Crippen molar-refractivity contribution in [2.24, 2.45) is 0 Å². The first kappa shape index (κ1) is 22.4. The van der Waals surface area contributed by atoms with Gasteiger partial charge in [0.1, 0.15) is 11.5 Å². The van der Waals surface area contributed by atoms with Crippen LogP contribution in [0.25, 0.3) is 10.8 Å². The van der Waals surface area contributed by atoms with E-state index in [4.69, 9.17) is 9.29 Å². The summed E-state index contributed by atoms with van der Waals surface area (Å²) in [6, 6.07) is 8.46.